The second kappa shape index (κ2) is 12.7. The third-order valence-corrected chi connectivity index (χ3v) is 10.1. The largest absolute Gasteiger partial charge is 0.444 e. The van der Waals surface area contributed by atoms with Gasteiger partial charge >= 0.3 is 12.3 Å². The van der Waals surface area contributed by atoms with Crippen molar-refractivity contribution in [1.82, 2.24) is 14.8 Å². The van der Waals surface area contributed by atoms with Gasteiger partial charge in [-0.1, -0.05) is 17.7 Å². The Balaban J connectivity index is 1.20. The van der Waals surface area contributed by atoms with Gasteiger partial charge in [0.2, 0.25) is 11.8 Å². The summed E-state index contributed by atoms with van der Waals surface area (Å²) in [6.45, 7) is 11.0. The maximum atomic E-state index is 14.1. The topological polar surface area (TPSA) is 89.5 Å². The molecule has 260 valence electrons. The van der Waals surface area contributed by atoms with E-state index < -0.39 is 41.1 Å². The number of fused-ring (bicyclic) bond motifs is 2. The van der Waals surface area contributed by atoms with Gasteiger partial charge in [0.05, 0.1) is 22.0 Å². The molecule has 0 spiro atoms. The van der Waals surface area contributed by atoms with Crippen molar-refractivity contribution in [3.05, 3.63) is 46.6 Å². The normalized spacial score (nSPS) is 23.1. The van der Waals surface area contributed by atoms with Gasteiger partial charge in [-0.15, -0.1) is 0 Å². The molecule has 14 heteroatoms. The van der Waals surface area contributed by atoms with Gasteiger partial charge in [-0.2, -0.15) is 13.2 Å². The molecule has 4 aliphatic heterocycles. The van der Waals surface area contributed by atoms with E-state index in [2.05, 4.69) is 14.8 Å². The molecule has 1 aromatic heterocycles. The highest BCUT2D eigenvalue weighted by Gasteiger charge is 2.50. The predicted octanol–water partition coefficient (Wildman–Crippen LogP) is 5.60. The highest BCUT2D eigenvalue weighted by Crippen LogP contribution is 2.43. The number of pyridine rings is 1. The minimum Gasteiger partial charge on any atom is -0.444 e. The second-order valence-electron chi connectivity index (χ2n) is 14.5. The molecule has 3 saturated heterocycles. The third-order valence-electron chi connectivity index (χ3n) is 9.78. The lowest BCUT2D eigenvalue weighted by atomic mass is 9.91. The summed E-state index contributed by atoms with van der Waals surface area (Å²) in [6, 6.07) is 6.39. The van der Waals surface area contributed by atoms with Crippen molar-refractivity contribution in [3.63, 3.8) is 0 Å². The number of rotatable bonds is 4. The molecule has 6 rings (SSSR count). The summed E-state index contributed by atoms with van der Waals surface area (Å²) in [6.07, 6.45) is -3.09. The summed E-state index contributed by atoms with van der Waals surface area (Å²) >= 11 is 6.81. The Morgan fingerprint density at radius 1 is 1.06 bits per heavy atom. The molecule has 0 aliphatic carbocycles. The molecular formula is C34H42ClF3N6O4. The first kappa shape index (κ1) is 34.3. The summed E-state index contributed by atoms with van der Waals surface area (Å²) in [5.41, 5.74) is -0.0617. The van der Waals surface area contributed by atoms with Crippen molar-refractivity contribution in [2.75, 3.05) is 61.0 Å². The minimum atomic E-state index is -4.63. The summed E-state index contributed by atoms with van der Waals surface area (Å²) in [7, 11) is 1.61. The molecule has 5 heterocycles. The third kappa shape index (κ3) is 6.80. The molecule has 0 radical (unpaired) electrons. The van der Waals surface area contributed by atoms with Crippen molar-refractivity contribution in [2.45, 2.75) is 70.8 Å². The number of hydrogen-bond acceptors (Lipinski definition) is 7. The number of para-hydroxylation sites is 1. The number of carbonyl (C=O) groups is 3. The monoisotopic (exact) mass is 690 g/mol. The van der Waals surface area contributed by atoms with Crippen LogP contribution in [0.15, 0.2) is 30.3 Å². The maximum Gasteiger partial charge on any atom is 0.416 e. The van der Waals surface area contributed by atoms with Gasteiger partial charge in [0, 0.05) is 57.3 Å². The number of hydrogen-bond donors (Lipinski definition) is 0. The van der Waals surface area contributed by atoms with Crippen molar-refractivity contribution in [2.24, 2.45) is 11.8 Å². The van der Waals surface area contributed by atoms with E-state index >= 15 is 0 Å². The van der Waals surface area contributed by atoms with E-state index in [1.165, 1.54) is 11.8 Å². The molecule has 4 aliphatic rings. The van der Waals surface area contributed by atoms with Gasteiger partial charge in [-0.3, -0.25) is 19.4 Å². The highest BCUT2D eigenvalue weighted by molar-refractivity contribution is 6.34. The second-order valence-corrected chi connectivity index (χ2v) is 14.9. The molecular weight excluding hydrogens is 649 g/mol. The summed E-state index contributed by atoms with van der Waals surface area (Å²) in [5.74, 6) is -1.22. The number of aromatic nitrogens is 1. The minimum absolute atomic E-state index is 0.00816. The van der Waals surface area contributed by atoms with Gasteiger partial charge < -0.3 is 19.4 Å². The average Bonchev–Trinajstić information content (AvgIpc) is 3.28. The molecule has 48 heavy (non-hydrogen) atoms. The van der Waals surface area contributed by atoms with Gasteiger partial charge in [-0.05, 0) is 83.8 Å². The lowest BCUT2D eigenvalue weighted by Crippen LogP contribution is -2.63. The molecule has 1 aromatic carbocycles. The predicted molar refractivity (Wildman–Crippen MR) is 176 cm³/mol. The zero-order valence-electron chi connectivity index (χ0n) is 27.9. The van der Waals surface area contributed by atoms with E-state index in [1.54, 1.807) is 30.1 Å². The van der Waals surface area contributed by atoms with Crippen molar-refractivity contribution >= 4 is 46.7 Å². The van der Waals surface area contributed by atoms with Crippen LogP contribution in [0.5, 0.6) is 0 Å². The lowest BCUT2D eigenvalue weighted by molar-refractivity contribution is -0.137. The number of halogens is 4. The number of nitrogens with zero attached hydrogens (tertiary/aromatic N) is 6. The number of likely N-dealkylation sites (tertiary alicyclic amines) is 2. The Morgan fingerprint density at radius 3 is 2.40 bits per heavy atom. The molecule has 10 nitrogen and oxygen atoms in total. The van der Waals surface area contributed by atoms with Crippen LogP contribution in [0.2, 0.25) is 5.02 Å². The molecule has 0 N–H and O–H groups in total. The van der Waals surface area contributed by atoms with E-state index in [-0.39, 0.29) is 24.0 Å². The number of alkyl halides is 3. The number of aryl methyl sites for hydroxylation is 1. The molecule has 3 fully saturated rings. The van der Waals surface area contributed by atoms with E-state index in [9.17, 15) is 27.6 Å². The number of anilines is 3. The number of ether oxygens (including phenoxy) is 1. The fourth-order valence-corrected chi connectivity index (χ4v) is 7.69. The Labute approximate surface area is 283 Å². The number of benzene rings is 1. The Bertz CT molecular complexity index is 1590. The van der Waals surface area contributed by atoms with Crippen LogP contribution in [0.1, 0.15) is 51.3 Å². The van der Waals surface area contributed by atoms with Crippen LogP contribution in [0.3, 0.4) is 0 Å². The first-order chi connectivity index (χ1) is 22.5. The van der Waals surface area contributed by atoms with Crippen LogP contribution in [-0.2, 0) is 20.5 Å². The van der Waals surface area contributed by atoms with E-state index in [0.29, 0.717) is 54.5 Å². The molecule has 2 atom stereocenters. The SMILES string of the molecule is Cc1cc(C(F)(F)F)cc(N2C(=O)C[C@@H]3CN(CC4CCN(C5CN(C(=O)OC(C)(C)C)C5)CC4)c4c(Cl)cccc4N(C)C(=O)[C@H]32)n1. The average molecular weight is 691 g/mol. The van der Waals surface area contributed by atoms with Crippen LogP contribution in [0, 0.1) is 18.8 Å². The fraction of sp³-hybridized carbons (Fsp3) is 0.588. The standard InChI is InChI=1S/C34H42ClF3N6O4/c1-20-13-23(34(36,37)38)15-27(39-20)44-28(45)14-22-17-42(30-25(35)7-6-8-26(30)40(5)31(46)29(22)44)16-21-9-11-41(12-10-21)24-18-43(19-24)32(47)48-33(2,3)4/h6-8,13,15,21-22,24,29H,9-12,14,16-19H2,1-5H3/t22-,29+/m1/s1. The zero-order valence-corrected chi connectivity index (χ0v) is 28.6. The number of amides is 3. The quantitative estimate of drug-likeness (QED) is 0.413. The lowest BCUT2D eigenvalue weighted by Gasteiger charge is -2.48. The number of piperidine rings is 1. The van der Waals surface area contributed by atoms with Crippen LogP contribution in [0.4, 0.5) is 35.2 Å². The van der Waals surface area contributed by atoms with Crippen LogP contribution in [-0.4, -0.2) is 96.7 Å². The summed E-state index contributed by atoms with van der Waals surface area (Å²) in [5, 5.41) is 0.482. The first-order valence-corrected chi connectivity index (χ1v) is 16.8. The van der Waals surface area contributed by atoms with E-state index in [1.807, 2.05) is 20.8 Å². The molecule has 0 saturated carbocycles. The van der Waals surface area contributed by atoms with Gasteiger partial charge in [0.25, 0.3) is 0 Å². The fourth-order valence-electron chi connectivity index (χ4n) is 7.40. The zero-order chi connectivity index (χ0) is 34.7. The summed E-state index contributed by atoms with van der Waals surface area (Å²) < 4.78 is 46.7. The van der Waals surface area contributed by atoms with Crippen molar-refractivity contribution in [1.29, 1.82) is 0 Å². The van der Waals surface area contributed by atoms with Crippen molar-refractivity contribution < 1.29 is 32.3 Å². The van der Waals surface area contributed by atoms with E-state index in [0.717, 1.165) is 43.0 Å². The highest BCUT2D eigenvalue weighted by atomic mass is 35.5. The summed E-state index contributed by atoms with van der Waals surface area (Å²) in [4.78, 5) is 53.3. The van der Waals surface area contributed by atoms with Crippen LogP contribution in [0.25, 0.3) is 0 Å². The van der Waals surface area contributed by atoms with E-state index in [4.69, 9.17) is 16.3 Å². The van der Waals surface area contributed by atoms with Crippen LogP contribution < -0.4 is 14.7 Å². The maximum absolute atomic E-state index is 14.1. The Hall–Kier alpha value is -3.58. The first-order valence-electron chi connectivity index (χ1n) is 16.4. The van der Waals surface area contributed by atoms with Crippen LogP contribution >= 0.6 is 11.6 Å². The Kier molecular flexibility index (Phi) is 9.08. The molecule has 3 amide bonds. The van der Waals surface area contributed by atoms with Crippen molar-refractivity contribution in [3.8, 4) is 0 Å². The molecule has 0 unspecified atom stereocenters. The Morgan fingerprint density at radius 2 is 1.75 bits per heavy atom. The van der Waals surface area contributed by atoms with Gasteiger partial charge in [-0.25, -0.2) is 9.78 Å². The van der Waals surface area contributed by atoms with Gasteiger partial charge in [0.1, 0.15) is 17.5 Å². The van der Waals surface area contributed by atoms with Gasteiger partial charge in [0.15, 0.2) is 0 Å². The molecule has 2 aromatic rings. The number of likely N-dealkylation sites (N-methyl/N-ethyl adjacent to an activating group) is 1. The smallest absolute Gasteiger partial charge is 0.416 e. The molecule has 0 bridgehead atoms. The number of carbonyl (C=O) groups excluding carboxylic acids is 3.